The number of rotatable bonds is 4. The maximum Gasteiger partial charge on any atom is 0.123 e. The molecule has 0 atom stereocenters. The lowest BCUT2D eigenvalue weighted by molar-refractivity contribution is 0.628. The highest BCUT2D eigenvalue weighted by atomic mass is 19.1. The Morgan fingerprint density at radius 3 is 1.44 bits per heavy atom. The van der Waals surface area contributed by atoms with E-state index in [0.29, 0.717) is 0 Å². The van der Waals surface area contributed by atoms with E-state index in [1.807, 2.05) is 18.2 Å². The van der Waals surface area contributed by atoms with Crippen molar-refractivity contribution >= 4 is 12.2 Å². The van der Waals surface area contributed by atoms with E-state index >= 15 is 0 Å². The highest BCUT2D eigenvalue weighted by Crippen LogP contribution is 2.29. The van der Waals surface area contributed by atoms with Crippen molar-refractivity contribution in [3.8, 4) is 22.3 Å². The van der Waals surface area contributed by atoms with Crippen LogP contribution in [0, 0.1) is 5.82 Å². The Morgan fingerprint density at radius 1 is 0.444 bits per heavy atom. The van der Waals surface area contributed by atoms with Gasteiger partial charge < -0.3 is 0 Å². The fourth-order valence-electron chi connectivity index (χ4n) is 3.11. The normalized spacial score (nSPS) is 11.0. The molecule has 4 aromatic rings. The van der Waals surface area contributed by atoms with Crippen molar-refractivity contribution in [2.45, 2.75) is 0 Å². The molecule has 0 aromatic heterocycles. The van der Waals surface area contributed by atoms with Crippen LogP contribution in [0.1, 0.15) is 11.1 Å². The molecule has 0 aliphatic rings. The van der Waals surface area contributed by atoms with Crippen molar-refractivity contribution in [3.05, 3.63) is 120 Å². The quantitative estimate of drug-likeness (QED) is 0.338. The Kier molecular flexibility index (Phi) is 4.93. The Bertz CT molecular complexity index is 989. The molecule has 0 spiro atoms. The molecule has 0 saturated heterocycles. The first-order valence-corrected chi connectivity index (χ1v) is 8.97. The Balaban J connectivity index is 1.77. The Morgan fingerprint density at radius 2 is 0.926 bits per heavy atom. The van der Waals surface area contributed by atoms with Crippen LogP contribution in [0.2, 0.25) is 0 Å². The molecule has 0 nitrogen and oxygen atoms in total. The summed E-state index contributed by atoms with van der Waals surface area (Å²) in [5, 5.41) is 0. The summed E-state index contributed by atoms with van der Waals surface area (Å²) in [7, 11) is 0. The van der Waals surface area contributed by atoms with Gasteiger partial charge in [0.15, 0.2) is 0 Å². The van der Waals surface area contributed by atoms with Crippen LogP contribution in [0.15, 0.2) is 103 Å². The first kappa shape index (κ1) is 17.0. The van der Waals surface area contributed by atoms with Crippen LogP contribution in [0.5, 0.6) is 0 Å². The molecule has 0 radical (unpaired) electrons. The van der Waals surface area contributed by atoms with Crippen LogP contribution >= 0.6 is 0 Å². The maximum atomic E-state index is 13.1. The molecule has 0 amide bonds. The summed E-state index contributed by atoms with van der Waals surface area (Å²) >= 11 is 0. The minimum Gasteiger partial charge on any atom is -0.207 e. The molecule has 0 aliphatic carbocycles. The fraction of sp³-hybridized carbons (Fsp3) is 0. The largest absolute Gasteiger partial charge is 0.207 e. The lowest BCUT2D eigenvalue weighted by Crippen LogP contribution is -1.84. The summed E-state index contributed by atoms with van der Waals surface area (Å²) in [6, 6.07) is 33.9. The number of halogens is 1. The van der Waals surface area contributed by atoms with E-state index in [9.17, 15) is 4.39 Å². The third kappa shape index (κ3) is 4.21. The molecule has 0 unspecified atom stereocenters. The van der Waals surface area contributed by atoms with Gasteiger partial charge in [-0.2, -0.15) is 0 Å². The molecule has 130 valence electrons. The molecular weight excluding hydrogens is 331 g/mol. The molecule has 1 heteroatoms. The van der Waals surface area contributed by atoms with Gasteiger partial charge in [0.25, 0.3) is 0 Å². The summed E-state index contributed by atoms with van der Waals surface area (Å²) in [6.45, 7) is 0. The summed E-state index contributed by atoms with van der Waals surface area (Å²) in [5.41, 5.74) is 6.81. The van der Waals surface area contributed by atoms with Gasteiger partial charge in [-0.15, -0.1) is 0 Å². The molecule has 4 aromatic carbocycles. The molecule has 0 heterocycles. The molecule has 0 aliphatic heterocycles. The van der Waals surface area contributed by atoms with Crippen molar-refractivity contribution in [1.82, 2.24) is 0 Å². The average molecular weight is 350 g/mol. The minimum absolute atomic E-state index is 0.218. The van der Waals surface area contributed by atoms with E-state index in [0.717, 1.165) is 11.1 Å². The number of hydrogen-bond acceptors (Lipinski definition) is 0. The summed E-state index contributed by atoms with van der Waals surface area (Å²) in [5.74, 6) is -0.218. The van der Waals surface area contributed by atoms with Crippen molar-refractivity contribution in [2.24, 2.45) is 0 Å². The Labute approximate surface area is 159 Å². The van der Waals surface area contributed by atoms with Crippen LogP contribution in [-0.2, 0) is 0 Å². The first-order chi connectivity index (χ1) is 13.3. The molecule has 0 N–H and O–H groups in total. The third-order valence-electron chi connectivity index (χ3n) is 4.51. The number of hydrogen-bond donors (Lipinski definition) is 0. The standard InChI is InChI=1S/C26H19F/c27-26-15-13-20(14-16-26)11-12-21-17-24(22-7-3-1-4-8-22)19-25(18-21)23-9-5-2-6-10-23/h1-19H/b12-11+. The molecule has 4 rings (SSSR count). The van der Waals surface area contributed by atoms with Crippen LogP contribution < -0.4 is 0 Å². The Hall–Kier alpha value is -3.45. The molecule has 0 bridgehead atoms. The van der Waals surface area contributed by atoms with Crippen molar-refractivity contribution < 1.29 is 4.39 Å². The zero-order chi connectivity index (χ0) is 18.5. The molecular formula is C26H19F. The fourth-order valence-corrected chi connectivity index (χ4v) is 3.11. The van der Waals surface area contributed by atoms with Gasteiger partial charge in [0.1, 0.15) is 5.82 Å². The summed E-state index contributed by atoms with van der Waals surface area (Å²) in [4.78, 5) is 0. The second kappa shape index (κ2) is 7.84. The van der Waals surface area contributed by atoms with Crippen LogP contribution in [0.4, 0.5) is 4.39 Å². The van der Waals surface area contributed by atoms with E-state index in [1.54, 1.807) is 12.1 Å². The lowest BCUT2D eigenvalue weighted by Gasteiger charge is -2.09. The van der Waals surface area contributed by atoms with Gasteiger partial charge in [0, 0.05) is 0 Å². The van der Waals surface area contributed by atoms with E-state index in [-0.39, 0.29) is 5.82 Å². The van der Waals surface area contributed by atoms with E-state index in [1.165, 1.54) is 34.4 Å². The predicted octanol–water partition coefficient (Wildman–Crippen LogP) is 7.33. The first-order valence-electron chi connectivity index (χ1n) is 8.97. The molecule has 27 heavy (non-hydrogen) atoms. The molecule has 0 fully saturated rings. The summed E-state index contributed by atoms with van der Waals surface area (Å²) < 4.78 is 13.1. The van der Waals surface area contributed by atoms with E-state index in [4.69, 9.17) is 0 Å². The van der Waals surface area contributed by atoms with Gasteiger partial charge >= 0.3 is 0 Å². The zero-order valence-corrected chi connectivity index (χ0v) is 14.8. The van der Waals surface area contributed by atoms with Crippen LogP contribution in [0.3, 0.4) is 0 Å². The minimum atomic E-state index is -0.218. The monoisotopic (exact) mass is 350 g/mol. The maximum absolute atomic E-state index is 13.1. The van der Waals surface area contributed by atoms with Gasteiger partial charge in [-0.3, -0.25) is 0 Å². The van der Waals surface area contributed by atoms with Gasteiger partial charge in [-0.25, -0.2) is 4.39 Å². The smallest absolute Gasteiger partial charge is 0.123 e. The SMILES string of the molecule is Fc1ccc(/C=C/c2cc(-c3ccccc3)cc(-c3ccccc3)c2)cc1. The van der Waals surface area contributed by atoms with Gasteiger partial charge in [0.05, 0.1) is 0 Å². The third-order valence-corrected chi connectivity index (χ3v) is 4.51. The topological polar surface area (TPSA) is 0 Å². The predicted molar refractivity (Wildman–Crippen MR) is 113 cm³/mol. The highest BCUT2D eigenvalue weighted by Gasteiger charge is 2.04. The number of benzene rings is 4. The van der Waals surface area contributed by atoms with E-state index in [2.05, 4.69) is 72.8 Å². The van der Waals surface area contributed by atoms with Crippen molar-refractivity contribution in [3.63, 3.8) is 0 Å². The second-order valence-electron chi connectivity index (χ2n) is 6.46. The molecule has 0 saturated carbocycles. The van der Waals surface area contributed by atoms with Gasteiger partial charge in [-0.05, 0) is 63.7 Å². The van der Waals surface area contributed by atoms with Gasteiger partial charge in [-0.1, -0.05) is 84.9 Å². The van der Waals surface area contributed by atoms with E-state index < -0.39 is 0 Å². The van der Waals surface area contributed by atoms with Crippen LogP contribution in [-0.4, -0.2) is 0 Å². The average Bonchev–Trinajstić information content (AvgIpc) is 2.74. The lowest BCUT2D eigenvalue weighted by atomic mass is 9.96. The van der Waals surface area contributed by atoms with Gasteiger partial charge in [0.2, 0.25) is 0 Å². The second-order valence-corrected chi connectivity index (χ2v) is 6.46. The highest BCUT2D eigenvalue weighted by molar-refractivity contribution is 5.80. The van der Waals surface area contributed by atoms with Crippen LogP contribution in [0.25, 0.3) is 34.4 Å². The summed E-state index contributed by atoms with van der Waals surface area (Å²) in [6.07, 6.45) is 4.09. The van der Waals surface area contributed by atoms with Crippen molar-refractivity contribution in [2.75, 3.05) is 0 Å². The van der Waals surface area contributed by atoms with Crippen molar-refractivity contribution in [1.29, 1.82) is 0 Å². The zero-order valence-electron chi connectivity index (χ0n) is 14.8.